The third kappa shape index (κ3) is 5.13. The monoisotopic (exact) mass is 333 g/mol. The number of methoxy groups -OCH3 is 2. The molecule has 22 heavy (non-hydrogen) atoms. The van der Waals surface area contributed by atoms with Gasteiger partial charge < -0.3 is 19.7 Å². The molecule has 0 spiro atoms. The summed E-state index contributed by atoms with van der Waals surface area (Å²) < 4.78 is 34.9. The number of rotatable bonds is 10. The minimum Gasteiger partial charge on any atom is -0.493 e. The number of sulfone groups is 1. The minimum absolute atomic E-state index is 0.0869. The van der Waals surface area contributed by atoms with Crippen LogP contribution in [0.25, 0.3) is 0 Å². The van der Waals surface area contributed by atoms with Gasteiger partial charge in [0, 0.05) is 25.7 Å². The Morgan fingerprint density at radius 2 is 1.59 bits per heavy atom. The third-order valence-corrected chi connectivity index (χ3v) is 4.92. The molecule has 0 amide bonds. The van der Waals surface area contributed by atoms with Crippen molar-refractivity contribution in [2.75, 3.05) is 52.8 Å². The van der Waals surface area contributed by atoms with Crippen LogP contribution in [0.5, 0.6) is 11.5 Å². The average molecular weight is 333 g/mol. The molecule has 1 rings (SSSR count). The van der Waals surface area contributed by atoms with Crippen LogP contribution in [0.4, 0.5) is 0 Å². The van der Waals surface area contributed by atoms with Crippen LogP contribution in [-0.4, -0.2) is 76.4 Å². The number of nitrogens with zero attached hydrogens (tertiary/aromatic N) is 1. The van der Waals surface area contributed by atoms with E-state index < -0.39 is 9.84 Å². The van der Waals surface area contributed by atoms with E-state index in [1.54, 1.807) is 11.0 Å². The fourth-order valence-electron chi connectivity index (χ4n) is 2.00. The van der Waals surface area contributed by atoms with Crippen LogP contribution in [0.2, 0.25) is 0 Å². The molecule has 7 nitrogen and oxygen atoms in total. The lowest BCUT2D eigenvalue weighted by molar-refractivity contribution is 0.167. The molecule has 0 fully saturated rings. The number of ether oxygens (including phenoxy) is 2. The van der Waals surface area contributed by atoms with Crippen molar-refractivity contribution < 1.29 is 28.1 Å². The molecule has 0 unspecified atom stereocenters. The summed E-state index contributed by atoms with van der Waals surface area (Å²) in [6.07, 6.45) is 0. The first-order valence-corrected chi connectivity index (χ1v) is 8.52. The highest BCUT2D eigenvalue weighted by Crippen LogP contribution is 2.29. The summed E-state index contributed by atoms with van der Waals surface area (Å²) in [7, 11) is -0.567. The summed E-state index contributed by atoms with van der Waals surface area (Å²) in [5.41, 5.74) is 0. The van der Waals surface area contributed by atoms with E-state index in [0.29, 0.717) is 24.6 Å². The largest absolute Gasteiger partial charge is 0.493 e. The van der Waals surface area contributed by atoms with E-state index in [9.17, 15) is 8.42 Å². The lowest BCUT2D eigenvalue weighted by Crippen LogP contribution is -2.34. The van der Waals surface area contributed by atoms with E-state index in [-0.39, 0.29) is 30.4 Å². The smallest absolute Gasteiger partial charge is 0.179 e. The fourth-order valence-corrected chi connectivity index (χ4v) is 3.29. The number of hydrogen-bond donors (Lipinski definition) is 2. The van der Waals surface area contributed by atoms with Gasteiger partial charge in [0.15, 0.2) is 21.3 Å². The Bertz CT molecular complexity index is 554. The van der Waals surface area contributed by atoms with Crippen LogP contribution in [0, 0.1) is 0 Å². The maximum atomic E-state index is 12.4. The van der Waals surface area contributed by atoms with Crippen molar-refractivity contribution in [2.24, 2.45) is 0 Å². The second-order valence-electron chi connectivity index (χ2n) is 4.62. The second kappa shape index (κ2) is 8.94. The van der Waals surface area contributed by atoms with Crippen LogP contribution in [0.15, 0.2) is 23.1 Å². The van der Waals surface area contributed by atoms with Crippen molar-refractivity contribution in [1.29, 1.82) is 0 Å². The molecule has 0 aliphatic heterocycles. The highest BCUT2D eigenvalue weighted by atomic mass is 32.2. The van der Waals surface area contributed by atoms with E-state index in [1.165, 1.54) is 26.4 Å². The fraction of sp³-hybridized carbons (Fsp3) is 0.571. The third-order valence-electron chi connectivity index (χ3n) is 3.22. The van der Waals surface area contributed by atoms with Gasteiger partial charge in [0.05, 0.1) is 38.1 Å². The molecule has 0 atom stereocenters. The van der Waals surface area contributed by atoms with Crippen LogP contribution in [0.3, 0.4) is 0 Å². The number of hydrogen-bond acceptors (Lipinski definition) is 7. The van der Waals surface area contributed by atoms with E-state index in [4.69, 9.17) is 19.7 Å². The van der Waals surface area contributed by atoms with E-state index in [0.717, 1.165) is 0 Å². The standard InChI is InChI=1S/C14H23NO6S/c1-20-13-4-3-12(11-14(13)21-2)22(18,19)10-7-15(5-8-16)6-9-17/h3-4,11,16-17H,5-10H2,1-2H3. The van der Waals surface area contributed by atoms with Crippen molar-refractivity contribution in [3.63, 3.8) is 0 Å². The van der Waals surface area contributed by atoms with E-state index >= 15 is 0 Å². The Hall–Kier alpha value is -1.35. The van der Waals surface area contributed by atoms with Crippen molar-refractivity contribution in [3.05, 3.63) is 18.2 Å². The van der Waals surface area contributed by atoms with E-state index in [2.05, 4.69) is 0 Å². The summed E-state index contributed by atoms with van der Waals surface area (Å²) in [5, 5.41) is 17.9. The second-order valence-corrected chi connectivity index (χ2v) is 6.73. The maximum absolute atomic E-state index is 12.4. The highest BCUT2D eigenvalue weighted by molar-refractivity contribution is 7.91. The summed E-state index contributed by atoms with van der Waals surface area (Å²) in [5.74, 6) is 0.706. The predicted molar refractivity (Wildman–Crippen MR) is 82.2 cm³/mol. The van der Waals surface area contributed by atoms with Gasteiger partial charge in [-0.05, 0) is 12.1 Å². The van der Waals surface area contributed by atoms with Crippen LogP contribution < -0.4 is 9.47 Å². The number of benzene rings is 1. The summed E-state index contributed by atoms with van der Waals surface area (Å²) >= 11 is 0. The average Bonchev–Trinajstić information content (AvgIpc) is 2.52. The van der Waals surface area contributed by atoms with Gasteiger partial charge in [-0.3, -0.25) is 4.90 Å². The molecular formula is C14H23NO6S. The predicted octanol–water partition coefficient (Wildman–Crippen LogP) is -0.236. The van der Waals surface area contributed by atoms with Crippen LogP contribution in [0.1, 0.15) is 0 Å². The molecule has 126 valence electrons. The van der Waals surface area contributed by atoms with Crippen LogP contribution in [-0.2, 0) is 9.84 Å². The Morgan fingerprint density at radius 3 is 2.09 bits per heavy atom. The van der Waals surface area contributed by atoms with Crippen molar-refractivity contribution in [1.82, 2.24) is 4.90 Å². The van der Waals surface area contributed by atoms with Crippen molar-refractivity contribution in [3.8, 4) is 11.5 Å². The van der Waals surface area contributed by atoms with Gasteiger partial charge in [0.1, 0.15) is 0 Å². The SMILES string of the molecule is COc1ccc(S(=O)(=O)CCN(CCO)CCO)cc1OC. The molecule has 1 aromatic rings. The lowest BCUT2D eigenvalue weighted by atomic mass is 10.3. The van der Waals surface area contributed by atoms with Gasteiger partial charge in [-0.15, -0.1) is 0 Å². The van der Waals surface area contributed by atoms with Gasteiger partial charge in [0.2, 0.25) is 0 Å². The molecule has 0 bridgehead atoms. The van der Waals surface area contributed by atoms with Gasteiger partial charge in [-0.2, -0.15) is 0 Å². The zero-order chi connectivity index (χ0) is 16.6. The Kier molecular flexibility index (Phi) is 7.60. The quantitative estimate of drug-likeness (QED) is 0.610. The topological polar surface area (TPSA) is 96.3 Å². The van der Waals surface area contributed by atoms with Gasteiger partial charge in [-0.1, -0.05) is 0 Å². The van der Waals surface area contributed by atoms with Gasteiger partial charge in [-0.25, -0.2) is 8.42 Å². The number of aliphatic hydroxyl groups excluding tert-OH is 2. The summed E-state index contributed by atoms with van der Waals surface area (Å²) in [4.78, 5) is 1.84. The molecule has 0 radical (unpaired) electrons. The first-order valence-electron chi connectivity index (χ1n) is 6.87. The molecule has 1 aromatic carbocycles. The molecule has 0 aliphatic carbocycles. The zero-order valence-corrected chi connectivity index (χ0v) is 13.7. The van der Waals surface area contributed by atoms with Crippen molar-refractivity contribution in [2.45, 2.75) is 4.90 Å². The summed E-state index contributed by atoms with van der Waals surface area (Å²) in [6.45, 7) is 0.703. The van der Waals surface area contributed by atoms with Crippen molar-refractivity contribution >= 4 is 9.84 Å². The Morgan fingerprint density at radius 1 is 1.00 bits per heavy atom. The molecular weight excluding hydrogens is 310 g/mol. The highest BCUT2D eigenvalue weighted by Gasteiger charge is 2.18. The first-order chi connectivity index (χ1) is 10.5. The Balaban J connectivity index is 2.85. The molecule has 0 aliphatic rings. The normalized spacial score (nSPS) is 11.7. The molecule has 0 heterocycles. The van der Waals surface area contributed by atoms with Crippen LogP contribution >= 0.6 is 0 Å². The maximum Gasteiger partial charge on any atom is 0.179 e. The molecule has 0 saturated carbocycles. The summed E-state index contributed by atoms with van der Waals surface area (Å²) in [6, 6.07) is 4.45. The molecule has 2 N–H and O–H groups in total. The number of aliphatic hydroxyl groups is 2. The zero-order valence-electron chi connectivity index (χ0n) is 12.9. The molecule has 0 saturated heterocycles. The lowest BCUT2D eigenvalue weighted by Gasteiger charge is -2.20. The Labute approximate surface area is 131 Å². The minimum atomic E-state index is -3.49. The van der Waals surface area contributed by atoms with Gasteiger partial charge in [0.25, 0.3) is 0 Å². The molecule has 8 heteroatoms. The van der Waals surface area contributed by atoms with E-state index in [1.807, 2.05) is 0 Å². The molecule has 0 aromatic heterocycles. The first kappa shape index (κ1) is 18.7. The van der Waals surface area contributed by atoms with Gasteiger partial charge >= 0.3 is 0 Å².